The van der Waals surface area contributed by atoms with Crippen molar-refractivity contribution in [3.05, 3.63) is 21.3 Å². The van der Waals surface area contributed by atoms with E-state index in [4.69, 9.17) is 0 Å². The minimum Gasteiger partial charge on any atom is -0.305 e. The summed E-state index contributed by atoms with van der Waals surface area (Å²) < 4.78 is 0. The van der Waals surface area contributed by atoms with Crippen molar-refractivity contribution in [2.45, 2.75) is 6.42 Å². The maximum absolute atomic E-state index is 10.7. The van der Waals surface area contributed by atoms with Crippen LogP contribution >= 0.6 is 0 Å². The van der Waals surface area contributed by atoms with Gasteiger partial charge >= 0.3 is 5.69 Å². The second-order valence-electron chi connectivity index (χ2n) is 2.26. The summed E-state index contributed by atoms with van der Waals surface area (Å²) >= 11 is 0. The highest BCUT2D eigenvalue weighted by Crippen LogP contribution is 1.85. The molecule has 1 aliphatic rings. The van der Waals surface area contributed by atoms with Gasteiger partial charge in [-0.25, -0.2) is 4.79 Å². The smallest absolute Gasteiger partial charge is 0.305 e. The van der Waals surface area contributed by atoms with Crippen LogP contribution in [0.15, 0.2) is 9.79 Å². The first-order valence-corrected chi connectivity index (χ1v) is 3.16. The molecule has 0 aliphatic carbocycles. The molecule has 56 valence electrons. The van der Waals surface area contributed by atoms with E-state index in [1.165, 1.54) is 0 Å². The van der Waals surface area contributed by atoms with Crippen LogP contribution in [0.25, 0.3) is 6.08 Å². The number of fused-ring (bicyclic) bond motifs is 1. The van der Waals surface area contributed by atoms with Gasteiger partial charge in [0, 0.05) is 6.42 Å². The van der Waals surface area contributed by atoms with Gasteiger partial charge in [0.15, 0.2) is 5.49 Å². The number of carbonyl (C=O) groups excluding carboxylic acids is 1. The van der Waals surface area contributed by atoms with E-state index in [2.05, 4.69) is 15.0 Å². The quantitative estimate of drug-likeness (QED) is 0.451. The number of nitrogens with one attached hydrogen (secondary N) is 2. The Labute approximate surface area is 60.5 Å². The minimum atomic E-state index is -0.329. The molecule has 0 spiro atoms. The van der Waals surface area contributed by atoms with Crippen molar-refractivity contribution in [3.8, 4) is 0 Å². The van der Waals surface area contributed by atoms with Crippen molar-refractivity contribution in [2.75, 3.05) is 0 Å². The van der Waals surface area contributed by atoms with Gasteiger partial charge in [0.25, 0.3) is 5.91 Å². The first kappa shape index (κ1) is 6.09. The number of amides is 1. The van der Waals surface area contributed by atoms with Crippen LogP contribution in [0.4, 0.5) is 0 Å². The molecule has 2 heterocycles. The maximum Gasteiger partial charge on any atom is 0.325 e. The molecule has 5 heteroatoms. The summed E-state index contributed by atoms with van der Waals surface area (Å²) in [6.07, 6.45) is 1.91. The van der Waals surface area contributed by atoms with E-state index in [9.17, 15) is 9.59 Å². The van der Waals surface area contributed by atoms with Gasteiger partial charge in [-0.3, -0.25) is 9.78 Å². The number of hydrogen-bond donors (Lipinski definition) is 2. The Kier molecular flexibility index (Phi) is 1.06. The summed E-state index contributed by atoms with van der Waals surface area (Å²) in [5, 5.41) is 0.606. The van der Waals surface area contributed by atoms with Crippen molar-refractivity contribution in [1.29, 1.82) is 0 Å². The topological polar surface area (TPSA) is 78.1 Å². The lowest BCUT2D eigenvalue weighted by atomic mass is 10.3. The highest BCUT2D eigenvalue weighted by Gasteiger charge is 2.03. The van der Waals surface area contributed by atoms with Gasteiger partial charge in [-0.1, -0.05) is 0 Å². The molecule has 5 nitrogen and oxygen atoms in total. The Bertz CT molecular complexity index is 465. The molecule has 0 atom stereocenters. The zero-order valence-corrected chi connectivity index (χ0v) is 5.55. The van der Waals surface area contributed by atoms with Gasteiger partial charge in [-0.15, -0.1) is 0 Å². The molecule has 1 aliphatic heterocycles. The molecule has 0 bridgehead atoms. The minimum absolute atomic E-state index is 0.229. The van der Waals surface area contributed by atoms with Crippen LogP contribution in [0.1, 0.15) is 6.42 Å². The van der Waals surface area contributed by atoms with Crippen LogP contribution in [0, 0.1) is 0 Å². The Balaban J connectivity index is 2.92. The normalized spacial score (nSPS) is 15.1. The SMILES string of the molecule is O=C1CC=c2[nH]c(=O)[nH]c2=N1. The second-order valence-corrected chi connectivity index (χ2v) is 2.26. The first-order valence-electron chi connectivity index (χ1n) is 3.16. The van der Waals surface area contributed by atoms with Crippen molar-refractivity contribution < 1.29 is 4.79 Å². The van der Waals surface area contributed by atoms with Gasteiger partial charge in [-0.05, 0) is 6.08 Å². The lowest BCUT2D eigenvalue weighted by Gasteiger charge is -1.89. The molecule has 2 N–H and O–H groups in total. The van der Waals surface area contributed by atoms with Crippen molar-refractivity contribution in [3.63, 3.8) is 0 Å². The summed E-state index contributed by atoms with van der Waals surface area (Å²) in [6.45, 7) is 0. The Morgan fingerprint density at radius 1 is 1.36 bits per heavy atom. The molecule has 11 heavy (non-hydrogen) atoms. The molecule has 1 amide bonds. The predicted molar refractivity (Wildman–Crippen MR) is 36.3 cm³/mol. The molecule has 0 radical (unpaired) electrons. The number of aromatic amines is 2. The summed E-state index contributed by atoms with van der Waals surface area (Å²) in [4.78, 5) is 29.9. The molecule has 1 aromatic rings. The van der Waals surface area contributed by atoms with E-state index in [1.54, 1.807) is 6.08 Å². The Hall–Kier alpha value is -1.65. The highest BCUT2D eigenvalue weighted by atomic mass is 16.2. The first-order chi connectivity index (χ1) is 5.25. The van der Waals surface area contributed by atoms with Gasteiger partial charge in [0.2, 0.25) is 0 Å². The lowest BCUT2D eigenvalue weighted by molar-refractivity contribution is -0.117. The van der Waals surface area contributed by atoms with Crippen molar-refractivity contribution in [2.24, 2.45) is 4.99 Å². The van der Waals surface area contributed by atoms with Gasteiger partial charge in [-0.2, -0.15) is 4.99 Å². The van der Waals surface area contributed by atoms with E-state index >= 15 is 0 Å². The van der Waals surface area contributed by atoms with Crippen LogP contribution < -0.4 is 16.5 Å². The molecule has 0 unspecified atom stereocenters. The fraction of sp³-hybridized carbons (Fsp3) is 0.167. The van der Waals surface area contributed by atoms with Crippen molar-refractivity contribution >= 4 is 12.0 Å². The summed E-state index contributed by atoms with van der Waals surface area (Å²) in [7, 11) is 0. The van der Waals surface area contributed by atoms with E-state index in [-0.39, 0.29) is 18.0 Å². The average Bonchev–Trinajstić information content (AvgIpc) is 2.27. The Morgan fingerprint density at radius 3 is 3.00 bits per heavy atom. The fourth-order valence-electron chi connectivity index (χ4n) is 0.983. The van der Waals surface area contributed by atoms with Crippen molar-refractivity contribution in [1.82, 2.24) is 9.97 Å². The number of imidazole rings is 1. The summed E-state index contributed by atoms with van der Waals surface area (Å²) in [5.74, 6) is -0.229. The summed E-state index contributed by atoms with van der Waals surface area (Å²) in [5.41, 5.74) is 0.0101. The highest BCUT2D eigenvalue weighted by molar-refractivity contribution is 5.82. The maximum atomic E-state index is 10.7. The number of carbonyl (C=O) groups is 1. The molecule has 0 saturated carbocycles. The van der Waals surface area contributed by atoms with E-state index in [1.807, 2.05) is 0 Å². The van der Waals surface area contributed by atoms with E-state index < -0.39 is 0 Å². The van der Waals surface area contributed by atoms with Gasteiger partial charge in [0.1, 0.15) is 0 Å². The van der Waals surface area contributed by atoms with Gasteiger partial charge in [0.05, 0.1) is 5.35 Å². The Morgan fingerprint density at radius 2 is 2.18 bits per heavy atom. The third kappa shape index (κ3) is 0.899. The van der Waals surface area contributed by atoms with Gasteiger partial charge < -0.3 is 4.98 Å². The number of hydrogen-bond acceptors (Lipinski definition) is 2. The third-order valence-electron chi connectivity index (χ3n) is 1.45. The summed E-state index contributed by atoms with van der Waals surface area (Å²) in [6, 6.07) is 0. The fourth-order valence-corrected chi connectivity index (χ4v) is 0.983. The molecular formula is C6H5N3O2. The molecule has 2 rings (SSSR count). The van der Waals surface area contributed by atoms with Crippen LogP contribution in [-0.4, -0.2) is 15.9 Å². The number of rotatable bonds is 0. The molecular weight excluding hydrogens is 146 g/mol. The molecule has 0 fully saturated rings. The molecule has 0 aromatic carbocycles. The zero-order valence-electron chi connectivity index (χ0n) is 5.55. The predicted octanol–water partition coefficient (Wildman–Crippen LogP) is -1.97. The monoisotopic (exact) mass is 151 g/mol. The van der Waals surface area contributed by atoms with Crippen LogP contribution in [0.3, 0.4) is 0 Å². The standard InChI is InChI=1S/C6H5N3O2/c10-4-2-1-3-5(8-4)9-6(11)7-3/h1H,2H2,(H2,7,8,9,10,11). The zero-order chi connectivity index (χ0) is 7.84. The second kappa shape index (κ2) is 1.91. The average molecular weight is 151 g/mol. The molecule has 1 aromatic heterocycles. The van der Waals surface area contributed by atoms with E-state index in [0.717, 1.165) is 0 Å². The van der Waals surface area contributed by atoms with Crippen LogP contribution in [0.5, 0.6) is 0 Å². The lowest BCUT2D eigenvalue weighted by Crippen LogP contribution is -2.29. The van der Waals surface area contributed by atoms with Crippen LogP contribution in [-0.2, 0) is 4.79 Å². The largest absolute Gasteiger partial charge is 0.325 e. The number of H-pyrrole nitrogens is 2. The third-order valence-corrected chi connectivity index (χ3v) is 1.45. The van der Waals surface area contributed by atoms with E-state index in [0.29, 0.717) is 10.8 Å². The number of nitrogens with zero attached hydrogens (tertiary/aromatic N) is 1. The molecule has 0 saturated heterocycles. The number of aromatic nitrogens is 2. The van der Waals surface area contributed by atoms with Crippen LogP contribution in [0.2, 0.25) is 0 Å².